The van der Waals surface area contributed by atoms with Crippen LogP contribution >= 0.6 is 0 Å². The van der Waals surface area contributed by atoms with Gasteiger partial charge < -0.3 is 5.73 Å². The van der Waals surface area contributed by atoms with Gasteiger partial charge in [0.1, 0.15) is 5.82 Å². The fourth-order valence-electron chi connectivity index (χ4n) is 1.43. The molecule has 0 amide bonds. The monoisotopic (exact) mass is 266 g/mol. The van der Waals surface area contributed by atoms with Crippen LogP contribution in [0.2, 0.25) is 0 Å². The summed E-state index contributed by atoms with van der Waals surface area (Å²) in [6.45, 7) is 0. The zero-order valence-electron chi connectivity index (χ0n) is 9.30. The molecule has 6 heteroatoms. The highest BCUT2D eigenvalue weighted by atomic mass is 32.2. The van der Waals surface area contributed by atoms with Gasteiger partial charge in [-0.2, -0.15) is 0 Å². The Morgan fingerprint density at radius 3 is 2.33 bits per heavy atom. The molecule has 0 aliphatic carbocycles. The van der Waals surface area contributed by atoms with Crippen molar-refractivity contribution in [3.8, 4) is 0 Å². The van der Waals surface area contributed by atoms with Crippen LogP contribution in [0.25, 0.3) is 0 Å². The van der Waals surface area contributed by atoms with Crippen LogP contribution in [0.15, 0.2) is 53.4 Å². The van der Waals surface area contributed by atoms with Gasteiger partial charge in [0, 0.05) is 0 Å². The lowest BCUT2D eigenvalue weighted by atomic mass is 10.3. The second-order valence-corrected chi connectivity index (χ2v) is 5.33. The molecule has 0 aliphatic rings. The molecule has 2 aromatic rings. The van der Waals surface area contributed by atoms with E-state index in [1.807, 2.05) is 0 Å². The Kier molecular flexibility index (Phi) is 3.20. The molecule has 0 atom stereocenters. The van der Waals surface area contributed by atoms with Gasteiger partial charge in [-0.25, -0.2) is 12.8 Å². The lowest BCUT2D eigenvalue weighted by Crippen LogP contribution is -2.14. The second kappa shape index (κ2) is 4.66. The van der Waals surface area contributed by atoms with Crippen LogP contribution in [0.1, 0.15) is 0 Å². The van der Waals surface area contributed by atoms with Crippen LogP contribution in [-0.2, 0) is 10.0 Å². The van der Waals surface area contributed by atoms with E-state index in [1.165, 1.54) is 18.2 Å². The summed E-state index contributed by atoms with van der Waals surface area (Å²) < 4.78 is 39.1. The fourth-order valence-corrected chi connectivity index (χ4v) is 2.54. The molecule has 0 aromatic heterocycles. The Hall–Kier alpha value is -2.08. The summed E-state index contributed by atoms with van der Waals surface area (Å²) in [5.41, 5.74) is 5.73. The molecule has 0 unspecified atom stereocenters. The maximum absolute atomic E-state index is 12.8. The lowest BCUT2D eigenvalue weighted by molar-refractivity contribution is 0.601. The third-order valence-electron chi connectivity index (χ3n) is 2.31. The van der Waals surface area contributed by atoms with Crippen molar-refractivity contribution in [2.24, 2.45) is 0 Å². The molecule has 0 fully saturated rings. The van der Waals surface area contributed by atoms with Crippen molar-refractivity contribution in [2.45, 2.75) is 4.90 Å². The Bertz CT molecular complexity index is 657. The van der Waals surface area contributed by atoms with Gasteiger partial charge in [0.15, 0.2) is 0 Å². The van der Waals surface area contributed by atoms with E-state index < -0.39 is 15.8 Å². The van der Waals surface area contributed by atoms with Gasteiger partial charge in [-0.3, -0.25) is 4.72 Å². The fraction of sp³-hybridized carbons (Fsp3) is 0. The molecule has 0 saturated carbocycles. The number of hydrogen-bond donors (Lipinski definition) is 2. The summed E-state index contributed by atoms with van der Waals surface area (Å²) in [6, 6.07) is 11.3. The molecule has 2 aromatic carbocycles. The number of rotatable bonds is 3. The number of benzene rings is 2. The van der Waals surface area contributed by atoms with Crippen molar-refractivity contribution in [1.29, 1.82) is 0 Å². The molecule has 0 heterocycles. The molecule has 3 N–H and O–H groups in total. The number of hydrogen-bond acceptors (Lipinski definition) is 3. The Morgan fingerprint density at radius 2 is 1.72 bits per heavy atom. The van der Waals surface area contributed by atoms with E-state index in [0.717, 1.165) is 12.1 Å². The van der Waals surface area contributed by atoms with E-state index in [2.05, 4.69) is 4.72 Å². The first-order valence-electron chi connectivity index (χ1n) is 5.12. The largest absolute Gasteiger partial charge is 0.397 e. The van der Waals surface area contributed by atoms with Crippen LogP contribution in [0.4, 0.5) is 15.8 Å². The molecular weight excluding hydrogens is 255 g/mol. The SMILES string of the molecule is Nc1cc(F)ccc1NS(=O)(=O)c1ccccc1. The number of nitrogens with one attached hydrogen (secondary N) is 1. The molecular formula is C12H11FN2O2S. The highest BCUT2D eigenvalue weighted by molar-refractivity contribution is 7.92. The Labute approximate surface area is 104 Å². The maximum Gasteiger partial charge on any atom is 0.261 e. The Morgan fingerprint density at radius 1 is 1.06 bits per heavy atom. The van der Waals surface area contributed by atoms with Crippen LogP contribution in [0.5, 0.6) is 0 Å². The summed E-state index contributed by atoms with van der Waals surface area (Å²) in [7, 11) is -3.70. The van der Waals surface area contributed by atoms with Gasteiger partial charge in [0.05, 0.1) is 16.3 Å². The zero-order valence-corrected chi connectivity index (χ0v) is 10.1. The van der Waals surface area contributed by atoms with Crippen molar-refractivity contribution in [3.63, 3.8) is 0 Å². The van der Waals surface area contributed by atoms with E-state index in [9.17, 15) is 12.8 Å². The Balaban J connectivity index is 2.34. The molecule has 18 heavy (non-hydrogen) atoms. The first kappa shape index (κ1) is 12.4. The van der Waals surface area contributed by atoms with Crippen molar-refractivity contribution in [2.75, 3.05) is 10.5 Å². The highest BCUT2D eigenvalue weighted by Crippen LogP contribution is 2.22. The average molecular weight is 266 g/mol. The summed E-state index contributed by atoms with van der Waals surface area (Å²) >= 11 is 0. The van der Waals surface area contributed by atoms with Crippen molar-refractivity contribution in [3.05, 3.63) is 54.3 Å². The predicted octanol–water partition coefficient (Wildman–Crippen LogP) is 2.21. The van der Waals surface area contributed by atoms with E-state index in [-0.39, 0.29) is 16.3 Å². The number of nitrogen functional groups attached to an aromatic ring is 1. The molecule has 94 valence electrons. The normalized spacial score (nSPS) is 11.2. The summed E-state index contributed by atoms with van der Waals surface area (Å²) in [5, 5.41) is 0. The molecule has 0 aliphatic heterocycles. The predicted molar refractivity (Wildman–Crippen MR) is 68.1 cm³/mol. The van der Waals surface area contributed by atoms with Crippen molar-refractivity contribution in [1.82, 2.24) is 0 Å². The first-order chi connectivity index (χ1) is 8.49. The summed E-state index contributed by atoms with van der Waals surface area (Å²) in [6.07, 6.45) is 0. The number of halogens is 1. The third-order valence-corrected chi connectivity index (χ3v) is 3.69. The minimum Gasteiger partial charge on any atom is -0.397 e. The highest BCUT2D eigenvalue weighted by Gasteiger charge is 2.14. The molecule has 0 saturated heterocycles. The molecule has 0 spiro atoms. The first-order valence-corrected chi connectivity index (χ1v) is 6.60. The van der Waals surface area contributed by atoms with Gasteiger partial charge in [0.25, 0.3) is 10.0 Å². The van der Waals surface area contributed by atoms with E-state index in [4.69, 9.17) is 5.73 Å². The van der Waals surface area contributed by atoms with Gasteiger partial charge in [-0.15, -0.1) is 0 Å². The lowest BCUT2D eigenvalue weighted by Gasteiger charge is -2.10. The van der Waals surface area contributed by atoms with Crippen molar-refractivity contribution < 1.29 is 12.8 Å². The van der Waals surface area contributed by atoms with Crippen molar-refractivity contribution >= 4 is 21.4 Å². The standard InChI is InChI=1S/C12H11FN2O2S/c13-9-6-7-12(11(14)8-9)15-18(16,17)10-4-2-1-3-5-10/h1-8,15H,14H2. The van der Waals surface area contributed by atoms with Crippen LogP contribution < -0.4 is 10.5 Å². The smallest absolute Gasteiger partial charge is 0.261 e. The number of nitrogens with two attached hydrogens (primary N) is 1. The van der Waals surface area contributed by atoms with E-state index >= 15 is 0 Å². The molecule has 4 nitrogen and oxygen atoms in total. The minimum absolute atomic E-state index is 0.0366. The third kappa shape index (κ3) is 2.60. The van der Waals surface area contributed by atoms with Gasteiger partial charge in [-0.1, -0.05) is 18.2 Å². The quantitative estimate of drug-likeness (QED) is 0.837. The summed E-state index contributed by atoms with van der Waals surface area (Å²) in [4.78, 5) is 0.119. The van der Waals surface area contributed by atoms with Gasteiger partial charge in [0.2, 0.25) is 0 Å². The van der Waals surface area contributed by atoms with E-state index in [1.54, 1.807) is 18.2 Å². The van der Waals surface area contributed by atoms with E-state index in [0.29, 0.717) is 0 Å². The van der Waals surface area contributed by atoms with Crippen LogP contribution in [0, 0.1) is 5.82 Å². The minimum atomic E-state index is -3.70. The zero-order chi connectivity index (χ0) is 13.2. The van der Waals surface area contributed by atoms with Crippen LogP contribution in [0.3, 0.4) is 0 Å². The second-order valence-electron chi connectivity index (χ2n) is 3.65. The summed E-state index contributed by atoms with van der Waals surface area (Å²) in [5.74, 6) is -0.518. The topological polar surface area (TPSA) is 72.2 Å². The number of anilines is 2. The molecule has 0 bridgehead atoms. The average Bonchev–Trinajstić information content (AvgIpc) is 2.34. The molecule has 2 rings (SSSR count). The van der Waals surface area contributed by atoms with Crippen LogP contribution in [-0.4, -0.2) is 8.42 Å². The molecule has 0 radical (unpaired) electrons. The van der Waals surface area contributed by atoms with Gasteiger partial charge in [-0.05, 0) is 30.3 Å². The maximum atomic E-state index is 12.8. The number of sulfonamides is 1. The van der Waals surface area contributed by atoms with Gasteiger partial charge >= 0.3 is 0 Å².